The third kappa shape index (κ3) is 2.46. The quantitative estimate of drug-likeness (QED) is 0.672. The summed E-state index contributed by atoms with van der Waals surface area (Å²) in [5, 5.41) is 4.30. The van der Waals surface area contributed by atoms with E-state index in [4.69, 9.17) is 0 Å². The van der Waals surface area contributed by atoms with Gasteiger partial charge in [0.05, 0.1) is 5.69 Å². The van der Waals surface area contributed by atoms with Gasteiger partial charge in [-0.2, -0.15) is 5.10 Å². The number of aryl methyl sites for hydroxylation is 1. The first-order valence-corrected chi connectivity index (χ1v) is 4.91. The lowest BCUT2D eigenvalue weighted by molar-refractivity contribution is 0.771. The molecule has 0 aliphatic heterocycles. The van der Waals surface area contributed by atoms with Crippen LogP contribution in [-0.2, 0) is 7.05 Å². The number of nitrogens with zero attached hydrogens (tertiary/aromatic N) is 2. The molecular formula is C12H16N2. The lowest BCUT2D eigenvalue weighted by atomic mass is 10.2. The smallest absolute Gasteiger partial charge is 0.0923 e. The molecule has 0 N–H and O–H groups in total. The zero-order valence-corrected chi connectivity index (χ0v) is 8.94. The van der Waals surface area contributed by atoms with Crippen molar-refractivity contribution in [3.63, 3.8) is 0 Å². The fourth-order valence-corrected chi connectivity index (χ4v) is 1.18. The molecule has 0 aliphatic carbocycles. The number of benzene rings is 1. The maximum Gasteiger partial charge on any atom is 0.0923 e. The summed E-state index contributed by atoms with van der Waals surface area (Å²) in [5.41, 5.74) is 2.19. The van der Waals surface area contributed by atoms with Gasteiger partial charge in [-0.3, -0.25) is 4.68 Å². The highest BCUT2D eigenvalue weighted by Gasteiger charge is 1.97. The topological polar surface area (TPSA) is 17.8 Å². The van der Waals surface area contributed by atoms with E-state index in [-0.39, 0.29) is 0 Å². The molecule has 2 rings (SSSR count). The average Bonchev–Trinajstić information content (AvgIpc) is 2.69. The van der Waals surface area contributed by atoms with Crippen molar-refractivity contribution in [1.82, 2.24) is 9.78 Å². The Morgan fingerprint density at radius 3 is 2.14 bits per heavy atom. The molecule has 2 heteroatoms. The molecule has 0 amide bonds. The van der Waals surface area contributed by atoms with Crippen LogP contribution < -0.4 is 0 Å². The molecule has 0 fully saturated rings. The molecule has 0 bridgehead atoms. The first kappa shape index (κ1) is 10.5. The highest BCUT2D eigenvalue weighted by Crippen LogP contribution is 2.14. The second kappa shape index (κ2) is 5.22. The fraction of sp³-hybridized carbons (Fsp3) is 0.250. The summed E-state index contributed by atoms with van der Waals surface area (Å²) in [4.78, 5) is 0. The SMILES string of the molecule is CC.Cn1ccc(-c2ccccc2)n1. The van der Waals surface area contributed by atoms with E-state index in [9.17, 15) is 0 Å². The highest BCUT2D eigenvalue weighted by atomic mass is 15.2. The first-order valence-electron chi connectivity index (χ1n) is 4.91. The molecule has 2 nitrogen and oxygen atoms in total. The number of hydrogen-bond donors (Lipinski definition) is 0. The molecule has 0 atom stereocenters. The van der Waals surface area contributed by atoms with Crippen molar-refractivity contribution in [3.8, 4) is 11.3 Å². The second-order valence-electron chi connectivity index (χ2n) is 2.74. The molecule has 0 aliphatic rings. The molecule has 14 heavy (non-hydrogen) atoms. The van der Waals surface area contributed by atoms with E-state index >= 15 is 0 Å². The number of rotatable bonds is 1. The van der Waals surface area contributed by atoms with Crippen molar-refractivity contribution in [2.75, 3.05) is 0 Å². The second-order valence-corrected chi connectivity index (χ2v) is 2.74. The Hall–Kier alpha value is -1.57. The van der Waals surface area contributed by atoms with E-state index in [2.05, 4.69) is 17.2 Å². The maximum atomic E-state index is 4.30. The van der Waals surface area contributed by atoms with Gasteiger partial charge in [0.15, 0.2) is 0 Å². The summed E-state index contributed by atoms with van der Waals surface area (Å²) in [6, 6.07) is 12.2. The summed E-state index contributed by atoms with van der Waals surface area (Å²) < 4.78 is 1.81. The van der Waals surface area contributed by atoms with Gasteiger partial charge in [-0.1, -0.05) is 44.2 Å². The summed E-state index contributed by atoms with van der Waals surface area (Å²) in [5.74, 6) is 0. The maximum absolute atomic E-state index is 4.30. The van der Waals surface area contributed by atoms with E-state index in [1.165, 1.54) is 0 Å². The Labute approximate surface area is 85.2 Å². The van der Waals surface area contributed by atoms with E-state index < -0.39 is 0 Å². The summed E-state index contributed by atoms with van der Waals surface area (Å²) in [6.45, 7) is 4.00. The molecule has 0 saturated carbocycles. The van der Waals surface area contributed by atoms with Crippen LogP contribution in [0.25, 0.3) is 11.3 Å². The highest BCUT2D eigenvalue weighted by molar-refractivity contribution is 5.57. The van der Waals surface area contributed by atoms with Gasteiger partial charge in [-0.05, 0) is 6.07 Å². The normalized spacial score (nSPS) is 9.07. The van der Waals surface area contributed by atoms with Crippen LogP contribution in [0.15, 0.2) is 42.6 Å². The van der Waals surface area contributed by atoms with Crippen molar-refractivity contribution >= 4 is 0 Å². The Morgan fingerprint density at radius 1 is 1.00 bits per heavy atom. The summed E-state index contributed by atoms with van der Waals surface area (Å²) >= 11 is 0. The summed E-state index contributed by atoms with van der Waals surface area (Å²) in [7, 11) is 1.92. The largest absolute Gasteiger partial charge is 0.275 e. The van der Waals surface area contributed by atoms with Crippen LogP contribution in [0.4, 0.5) is 0 Å². The number of aromatic nitrogens is 2. The minimum atomic E-state index is 1.03. The lowest BCUT2D eigenvalue weighted by Gasteiger charge is -1.93. The Kier molecular flexibility index (Phi) is 3.92. The average molecular weight is 188 g/mol. The molecule has 0 spiro atoms. The van der Waals surface area contributed by atoms with E-state index in [0.717, 1.165) is 11.3 Å². The Balaban J connectivity index is 0.000000461. The summed E-state index contributed by atoms with van der Waals surface area (Å²) in [6.07, 6.45) is 1.95. The van der Waals surface area contributed by atoms with Crippen molar-refractivity contribution in [2.24, 2.45) is 7.05 Å². The van der Waals surface area contributed by atoms with Crippen LogP contribution in [0, 0.1) is 0 Å². The molecule has 2 aromatic rings. The van der Waals surface area contributed by atoms with Gasteiger partial charge < -0.3 is 0 Å². The van der Waals surface area contributed by atoms with Crippen molar-refractivity contribution in [2.45, 2.75) is 13.8 Å². The lowest BCUT2D eigenvalue weighted by Crippen LogP contribution is -1.87. The first-order chi connectivity index (χ1) is 6.86. The van der Waals surface area contributed by atoms with Gasteiger partial charge in [0, 0.05) is 18.8 Å². The van der Waals surface area contributed by atoms with Crippen molar-refractivity contribution < 1.29 is 0 Å². The van der Waals surface area contributed by atoms with E-state index in [1.807, 2.05) is 56.0 Å². The van der Waals surface area contributed by atoms with Crippen LogP contribution in [0.2, 0.25) is 0 Å². The molecule has 1 heterocycles. The van der Waals surface area contributed by atoms with Crippen molar-refractivity contribution in [3.05, 3.63) is 42.6 Å². The van der Waals surface area contributed by atoms with Gasteiger partial charge in [-0.25, -0.2) is 0 Å². The fourth-order valence-electron chi connectivity index (χ4n) is 1.18. The molecular weight excluding hydrogens is 172 g/mol. The van der Waals surface area contributed by atoms with Crippen LogP contribution in [0.3, 0.4) is 0 Å². The third-order valence-electron chi connectivity index (χ3n) is 1.78. The molecule has 74 valence electrons. The van der Waals surface area contributed by atoms with Crippen LogP contribution in [0.1, 0.15) is 13.8 Å². The predicted octanol–water partition coefficient (Wildman–Crippen LogP) is 3.11. The number of hydrogen-bond acceptors (Lipinski definition) is 1. The van der Waals surface area contributed by atoms with Crippen LogP contribution in [0.5, 0.6) is 0 Å². The van der Waals surface area contributed by atoms with Crippen LogP contribution in [-0.4, -0.2) is 9.78 Å². The Morgan fingerprint density at radius 2 is 1.64 bits per heavy atom. The molecule has 0 unspecified atom stereocenters. The predicted molar refractivity (Wildman–Crippen MR) is 60.0 cm³/mol. The zero-order valence-electron chi connectivity index (χ0n) is 8.94. The minimum absolute atomic E-state index is 1.03. The van der Waals surface area contributed by atoms with Gasteiger partial charge in [-0.15, -0.1) is 0 Å². The minimum Gasteiger partial charge on any atom is -0.275 e. The molecule has 0 radical (unpaired) electrons. The van der Waals surface area contributed by atoms with Gasteiger partial charge in [0.1, 0.15) is 0 Å². The van der Waals surface area contributed by atoms with Gasteiger partial charge >= 0.3 is 0 Å². The zero-order chi connectivity index (χ0) is 10.4. The standard InChI is InChI=1S/C10H10N2.C2H6/c1-12-8-7-10(11-12)9-5-3-2-4-6-9;1-2/h2-8H,1H3;1-2H3. The Bertz CT molecular complexity index is 363. The molecule has 0 saturated heterocycles. The monoisotopic (exact) mass is 188 g/mol. The van der Waals surface area contributed by atoms with Crippen molar-refractivity contribution in [1.29, 1.82) is 0 Å². The molecule has 1 aromatic carbocycles. The van der Waals surface area contributed by atoms with Gasteiger partial charge in [0.25, 0.3) is 0 Å². The third-order valence-corrected chi connectivity index (χ3v) is 1.78. The van der Waals surface area contributed by atoms with E-state index in [0.29, 0.717) is 0 Å². The molecule has 1 aromatic heterocycles. The van der Waals surface area contributed by atoms with Gasteiger partial charge in [0.2, 0.25) is 0 Å². The van der Waals surface area contributed by atoms with Crippen LogP contribution >= 0.6 is 0 Å². The van der Waals surface area contributed by atoms with E-state index in [1.54, 1.807) is 0 Å².